The lowest BCUT2D eigenvalue weighted by Crippen LogP contribution is -2.52. The molecule has 0 bridgehead atoms. The van der Waals surface area contributed by atoms with Gasteiger partial charge in [-0.15, -0.1) is 0 Å². The molecule has 1 aliphatic carbocycles. The summed E-state index contributed by atoms with van der Waals surface area (Å²) in [5.74, 6) is -0.397. The molecule has 44 heavy (non-hydrogen) atoms. The number of anilines is 1. The van der Waals surface area contributed by atoms with E-state index >= 15 is 0 Å². The van der Waals surface area contributed by atoms with E-state index in [2.05, 4.69) is 5.32 Å². The normalized spacial score (nSPS) is 14.5. The first-order valence-corrected chi connectivity index (χ1v) is 17.7. The van der Waals surface area contributed by atoms with Gasteiger partial charge in [-0.2, -0.15) is 0 Å². The van der Waals surface area contributed by atoms with E-state index in [-0.39, 0.29) is 43.8 Å². The molecule has 1 atom stereocenters. The number of sulfonamides is 1. The second kappa shape index (κ2) is 15.8. The number of amides is 2. The molecule has 0 radical (unpaired) electrons. The summed E-state index contributed by atoms with van der Waals surface area (Å²) in [6, 6.07) is 21.4. The molecule has 0 heterocycles. The summed E-state index contributed by atoms with van der Waals surface area (Å²) in [6.07, 6.45) is 7.00. The highest BCUT2D eigenvalue weighted by atomic mass is 35.5. The van der Waals surface area contributed by atoms with E-state index in [0.29, 0.717) is 27.7 Å². The van der Waals surface area contributed by atoms with Crippen LogP contribution in [0.4, 0.5) is 5.69 Å². The van der Waals surface area contributed by atoms with Crippen molar-refractivity contribution in [2.75, 3.05) is 17.1 Å². The fraction of sp³-hybridized carbons (Fsp3) is 0.412. The zero-order valence-corrected chi connectivity index (χ0v) is 27.7. The van der Waals surface area contributed by atoms with Crippen LogP contribution in [-0.4, -0.2) is 50.0 Å². The third kappa shape index (κ3) is 9.46. The monoisotopic (exact) mass is 657 g/mol. The number of carbonyl (C=O) groups excluding carboxylic acids is 2. The van der Waals surface area contributed by atoms with Gasteiger partial charge in [-0.3, -0.25) is 13.9 Å². The Morgan fingerprint density at radius 3 is 2.25 bits per heavy atom. The Balaban J connectivity index is 1.60. The summed E-state index contributed by atoms with van der Waals surface area (Å²) in [6.45, 7) is 2.08. The summed E-state index contributed by atoms with van der Waals surface area (Å²) in [4.78, 5) is 29.7. The van der Waals surface area contributed by atoms with E-state index in [9.17, 15) is 18.0 Å². The quantitative estimate of drug-likeness (QED) is 0.216. The van der Waals surface area contributed by atoms with E-state index in [1.54, 1.807) is 42.2 Å². The molecule has 236 valence electrons. The molecule has 0 aromatic heterocycles. The minimum atomic E-state index is -3.64. The molecule has 1 aliphatic rings. The van der Waals surface area contributed by atoms with Crippen LogP contribution in [0.1, 0.15) is 61.6 Å². The van der Waals surface area contributed by atoms with Gasteiger partial charge in [0.15, 0.2) is 0 Å². The Hall–Kier alpha value is -3.07. The third-order valence-corrected chi connectivity index (χ3v) is 9.99. The molecule has 2 amide bonds. The third-order valence-electron chi connectivity index (χ3n) is 8.15. The van der Waals surface area contributed by atoms with Gasteiger partial charge in [0.1, 0.15) is 6.04 Å². The highest BCUT2D eigenvalue weighted by Gasteiger charge is 2.32. The van der Waals surface area contributed by atoms with E-state index in [4.69, 9.17) is 23.2 Å². The second-order valence-corrected chi connectivity index (χ2v) is 14.3. The SMILES string of the molecule is Cc1c(Cl)cccc1N(CCCC(=O)N(Cc1ccc(Cl)cc1)[C@H](Cc1ccccc1)C(=O)NC1CCCCC1)S(C)(=O)=O. The molecule has 3 aromatic carbocycles. The van der Waals surface area contributed by atoms with Crippen molar-refractivity contribution in [1.82, 2.24) is 10.2 Å². The van der Waals surface area contributed by atoms with Crippen LogP contribution in [0.3, 0.4) is 0 Å². The van der Waals surface area contributed by atoms with Crippen molar-refractivity contribution >= 4 is 50.7 Å². The van der Waals surface area contributed by atoms with E-state index in [1.807, 2.05) is 42.5 Å². The maximum Gasteiger partial charge on any atom is 0.243 e. The Labute approximate surface area is 271 Å². The number of halogens is 2. The summed E-state index contributed by atoms with van der Waals surface area (Å²) < 4.78 is 26.9. The van der Waals surface area contributed by atoms with Crippen LogP contribution in [-0.2, 0) is 32.6 Å². The first kappa shape index (κ1) is 33.8. The van der Waals surface area contributed by atoms with Crippen molar-refractivity contribution < 1.29 is 18.0 Å². The number of rotatable bonds is 13. The van der Waals surface area contributed by atoms with Crippen molar-refractivity contribution in [2.45, 2.75) is 76.9 Å². The number of nitrogens with one attached hydrogen (secondary N) is 1. The van der Waals surface area contributed by atoms with E-state index < -0.39 is 16.1 Å². The van der Waals surface area contributed by atoms with Crippen molar-refractivity contribution in [3.63, 3.8) is 0 Å². The van der Waals surface area contributed by atoms with Crippen molar-refractivity contribution in [1.29, 1.82) is 0 Å². The van der Waals surface area contributed by atoms with Gasteiger partial charge >= 0.3 is 0 Å². The van der Waals surface area contributed by atoms with Gasteiger partial charge in [0, 0.05) is 42.0 Å². The van der Waals surface area contributed by atoms with Crippen LogP contribution < -0.4 is 9.62 Å². The lowest BCUT2D eigenvalue weighted by Gasteiger charge is -2.34. The second-order valence-electron chi connectivity index (χ2n) is 11.5. The van der Waals surface area contributed by atoms with Gasteiger partial charge < -0.3 is 10.2 Å². The van der Waals surface area contributed by atoms with Crippen LogP contribution >= 0.6 is 23.2 Å². The fourth-order valence-electron chi connectivity index (χ4n) is 5.73. The van der Waals surface area contributed by atoms with Gasteiger partial charge in [0.05, 0.1) is 11.9 Å². The smallest absolute Gasteiger partial charge is 0.243 e. The summed E-state index contributed by atoms with van der Waals surface area (Å²) in [7, 11) is -3.64. The van der Waals surface area contributed by atoms with Gasteiger partial charge in [0.2, 0.25) is 21.8 Å². The Morgan fingerprint density at radius 2 is 1.59 bits per heavy atom. The maximum atomic E-state index is 14.1. The molecule has 1 saturated carbocycles. The molecule has 10 heteroatoms. The van der Waals surface area contributed by atoms with Crippen LogP contribution in [0.15, 0.2) is 72.8 Å². The molecule has 4 rings (SSSR count). The molecule has 1 fully saturated rings. The topological polar surface area (TPSA) is 86.8 Å². The Kier molecular flexibility index (Phi) is 12.1. The molecule has 3 aromatic rings. The van der Waals surface area contributed by atoms with Crippen molar-refractivity contribution in [2.24, 2.45) is 0 Å². The number of hydrogen-bond donors (Lipinski definition) is 1. The van der Waals surface area contributed by atoms with Crippen LogP contribution in [0, 0.1) is 6.92 Å². The molecule has 0 unspecified atom stereocenters. The summed E-state index contributed by atoms with van der Waals surface area (Å²) >= 11 is 12.4. The summed E-state index contributed by atoms with van der Waals surface area (Å²) in [5, 5.41) is 4.29. The molecular weight excluding hydrogens is 617 g/mol. The Bertz CT molecular complexity index is 1510. The molecule has 1 N–H and O–H groups in total. The average molecular weight is 659 g/mol. The minimum absolute atomic E-state index is 0.0568. The molecule has 0 spiro atoms. The largest absolute Gasteiger partial charge is 0.352 e. The van der Waals surface area contributed by atoms with Gasteiger partial charge in [-0.25, -0.2) is 8.42 Å². The van der Waals surface area contributed by atoms with Crippen LogP contribution in [0.25, 0.3) is 0 Å². The standard InChI is InChI=1S/C34H41Cl2N3O4S/c1-25-30(36)15-9-16-31(25)39(44(2,42)43)22-10-17-33(40)38(24-27-18-20-28(35)21-19-27)32(23-26-11-5-3-6-12-26)34(41)37-29-13-7-4-8-14-29/h3,5-6,9,11-12,15-16,18-21,29,32H,4,7-8,10,13-14,17,22-24H2,1-2H3,(H,37,41)/t32-/m1/s1. The number of hydrogen-bond acceptors (Lipinski definition) is 4. The first-order chi connectivity index (χ1) is 21.0. The van der Waals surface area contributed by atoms with E-state index in [1.165, 1.54) is 10.7 Å². The predicted octanol–water partition coefficient (Wildman–Crippen LogP) is 6.94. The first-order valence-electron chi connectivity index (χ1n) is 15.1. The average Bonchev–Trinajstić information content (AvgIpc) is 3.00. The number of benzene rings is 3. The van der Waals surface area contributed by atoms with Crippen molar-refractivity contribution in [3.8, 4) is 0 Å². The molecule has 7 nitrogen and oxygen atoms in total. The fourth-order valence-corrected chi connectivity index (χ4v) is 7.04. The van der Waals surface area contributed by atoms with Gasteiger partial charge in [-0.05, 0) is 67.1 Å². The predicted molar refractivity (Wildman–Crippen MR) is 179 cm³/mol. The zero-order valence-electron chi connectivity index (χ0n) is 25.3. The van der Waals surface area contributed by atoms with Crippen molar-refractivity contribution in [3.05, 3.63) is 99.5 Å². The lowest BCUT2D eigenvalue weighted by molar-refractivity contribution is -0.141. The Morgan fingerprint density at radius 1 is 0.909 bits per heavy atom. The molecule has 0 aliphatic heterocycles. The van der Waals surface area contributed by atoms with E-state index in [0.717, 1.165) is 43.1 Å². The highest BCUT2D eigenvalue weighted by molar-refractivity contribution is 7.92. The van der Waals surface area contributed by atoms with Gasteiger partial charge in [0.25, 0.3) is 0 Å². The highest BCUT2D eigenvalue weighted by Crippen LogP contribution is 2.29. The summed E-state index contributed by atoms with van der Waals surface area (Å²) in [5.41, 5.74) is 2.93. The number of nitrogens with zero attached hydrogens (tertiary/aromatic N) is 2. The molecule has 0 saturated heterocycles. The molecular formula is C34H41Cl2N3O4S. The lowest BCUT2D eigenvalue weighted by atomic mass is 9.94. The maximum absolute atomic E-state index is 14.1. The van der Waals surface area contributed by atoms with Gasteiger partial charge in [-0.1, -0.05) is 91.0 Å². The van der Waals surface area contributed by atoms with Crippen LogP contribution in [0.5, 0.6) is 0 Å². The minimum Gasteiger partial charge on any atom is -0.352 e. The number of carbonyl (C=O) groups is 2. The van der Waals surface area contributed by atoms with Crippen LogP contribution in [0.2, 0.25) is 10.0 Å². The zero-order chi connectivity index (χ0) is 31.7.